The van der Waals surface area contributed by atoms with Crippen molar-refractivity contribution in [3.63, 3.8) is 0 Å². The van der Waals surface area contributed by atoms with E-state index in [-0.39, 0.29) is 5.83 Å². The first kappa shape index (κ1) is 27.7. The Labute approximate surface area is 155 Å². The van der Waals surface area contributed by atoms with Crippen molar-refractivity contribution in [3.05, 3.63) is 66.4 Å². The van der Waals surface area contributed by atoms with E-state index in [2.05, 4.69) is 18.2 Å². The molecule has 0 saturated carbocycles. The second-order valence-electron chi connectivity index (χ2n) is 4.26. The number of halogens is 1. The smallest absolute Gasteiger partial charge is 0.130 e. The molecule has 1 aromatic rings. The Morgan fingerprint density at radius 2 is 1.68 bits per heavy atom. The molecule has 25 heavy (non-hydrogen) atoms. The average Bonchev–Trinajstić information content (AvgIpc) is 2.66. The van der Waals surface area contributed by atoms with Gasteiger partial charge in [0.15, 0.2) is 0 Å². The Bertz CT molecular complexity index is 517. The molecule has 0 radical (unpaired) electrons. The van der Waals surface area contributed by atoms with Crippen LogP contribution in [0.4, 0.5) is 4.39 Å². The van der Waals surface area contributed by atoms with Gasteiger partial charge in [0, 0.05) is 25.4 Å². The van der Waals surface area contributed by atoms with Crippen LogP contribution in [-0.2, 0) is 6.54 Å². The fourth-order valence-electron chi connectivity index (χ4n) is 1.71. The summed E-state index contributed by atoms with van der Waals surface area (Å²) in [5.41, 5.74) is 2.53. The highest BCUT2D eigenvalue weighted by Crippen LogP contribution is 2.22. The first-order chi connectivity index (χ1) is 12.1. The number of allylic oxidation sites excluding steroid dienone is 2. The molecule has 0 aromatic heterocycles. The highest BCUT2D eigenvalue weighted by molar-refractivity contribution is 5.64. The summed E-state index contributed by atoms with van der Waals surface area (Å²) in [6.07, 6.45) is 5.98. The van der Waals surface area contributed by atoms with Crippen LogP contribution >= 0.6 is 0 Å². The number of hydrogen-bond donors (Lipinski definition) is 0. The highest BCUT2D eigenvalue weighted by atomic mass is 19.1. The molecule has 0 fully saturated rings. The Morgan fingerprint density at radius 1 is 1.12 bits per heavy atom. The summed E-state index contributed by atoms with van der Waals surface area (Å²) >= 11 is 0. The zero-order chi connectivity index (χ0) is 20.3. The van der Waals surface area contributed by atoms with Crippen molar-refractivity contribution in [2.24, 2.45) is 4.99 Å². The van der Waals surface area contributed by atoms with Crippen LogP contribution in [0.1, 0.15) is 58.2 Å². The molecule has 2 nitrogen and oxygen atoms in total. The minimum absolute atomic E-state index is 0.267. The molecular weight excluding hydrogens is 311 g/mol. The van der Waals surface area contributed by atoms with Crippen molar-refractivity contribution in [1.29, 1.82) is 0 Å². The van der Waals surface area contributed by atoms with Crippen molar-refractivity contribution in [2.45, 2.75) is 55.0 Å². The standard InChI is InChI=1S/C16H19FN2.3C2H6/c1-5-7-16(17)15-10-14(9-8-13(15)3)11-19(4)12-18-6-2;3*1-2/h5-10,12H,1-2,11H2,3-4H3;3*1-2H3/b16-7+,18-12?;;;. The maximum absolute atomic E-state index is 13.9. The molecule has 0 aliphatic carbocycles. The lowest BCUT2D eigenvalue weighted by molar-refractivity contribution is 0.515. The lowest BCUT2D eigenvalue weighted by atomic mass is 10.0. The molecular formula is C22H37FN2. The van der Waals surface area contributed by atoms with Gasteiger partial charge in [-0.1, -0.05) is 72.9 Å². The van der Waals surface area contributed by atoms with Crippen molar-refractivity contribution in [1.82, 2.24) is 4.90 Å². The molecule has 142 valence electrons. The van der Waals surface area contributed by atoms with Gasteiger partial charge in [0.2, 0.25) is 0 Å². The molecule has 1 aromatic carbocycles. The Kier molecular flexibility index (Phi) is 22.0. The number of benzene rings is 1. The number of rotatable bonds is 6. The lowest BCUT2D eigenvalue weighted by Crippen LogP contribution is -2.15. The SMILES string of the molecule is C=C/C=C(/F)c1cc(CN(C)C=NC=C)ccc1C.CC.CC.CC. The molecule has 0 aliphatic rings. The van der Waals surface area contributed by atoms with Crippen LogP contribution in [0, 0.1) is 6.92 Å². The van der Waals surface area contributed by atoms with E-state index in [0.29, 0.717) is 12.1 Å². The van der Waals surface area contributed by atoms with E-state index in [9.17, 15) is 4.39 Å². The Hall–Kier alpha value is -2.16. The van der Waals surface area contributed by atoms with Crippen molar-refractivity contribution in [2.75, 3.05) is 7.05 Å². The first-order valence-corrected chi connectivity index (χ1v) is 9.01. The molecule has 0 saturated heterocycles. The van der Waals surface area contributed by atoms with Crippen molar-refractivity contribution >= 4 is 12.2 Å². The van der Waals surface area contributed by atoms with E-state index in [1.165, 1.54) is 18.4 Å². The minimum Gasteiger partial charge on any atom is -0.361 e. The van der Waals surface area contributed by atoms with Crippen LogP contribution < -0.4 is 0 Å². The molecule has 0 unspecified atom stereocenters. The molecule has 3 heteroatoms. The van der Waals surface area contributed by atoms with E-state index in [0.717, 1.165) is 11.1 Å². The van der Waals surface area contributed by atoms with Gasteiger partial charge in [0.1, 0.15) is 5.83 Å². The first-order valence-electron chi connectivity index (χ1n) is 9.01. The number of aliphatic imine (C=N–C) groups is 1. The third-order valence-corrected chi connectivity index (χ3v) is 2.62. The van der Waals surface area contributed by atoms with Gasteiger partial charge in [-0.3, -0.25) is 0 Å². The Morgan fingerprint density at radius 3 is 2.16 bits per heavy atom. The predicted octanol–water partition coefficient (Wildman–Crippen LogP) is 7.17. The largest absolute Gasteiger partial charge is 0.361 e. The van der Waals surface area contributed by atoms with E-state index in [4.69, 9.17) is 0 Å². The molecule has 0 aliphatic heterocycles. The normalized spacial score (nSPS) is 9.56. The van der Waals surface area contributed by atoms with Crippen LogP contribution in [0.25, 0.3) is 5.83 Å². The molecule has 0 N–H and O–H groups in total. The van der Waals surface area contributed by atoms with E-state index >= 15 is 0 Å². The van der Waals surface area contributed by atoms with Gasteiger partial charge < -0.3 is 4.90 Å². The van der Waals surface area contributed by atoms with Gasteiger partial charge in [-0.2, -0.15) is 0 Å². The Balaban J connectivity index is -0.000000725. The second-order valence-corrected chi connectivity index (χ2v) is 4.26. The van der Waals surface area contributed by atoms with Gasteiger partial charge in [0.25, 0.3) is 0 Å². The highest BCUT2D eigenvalue weighted by Gasteiger charge is 2.06. The summed E-state index contributed by atoms with van der Waals surface area (Å²) < 4.78 is 13.9. The quantitative estimate of drug-likeness (QED) is 0.302. The minimum atomic E-state index is -0.267. The monoisotopic (exact) mass is 348 g/mol. The van der Waals surface area contributed by atoms with Crippen LogP contribution in [0.2, 0.25) is 0 Å². The van der Waals surface area contributed by atoms with Gasteiger partial charge >= 0.3 is 0 Å². The van der Waals surface area contributed by atoms with Crippen LogP contribution in [0.5, 0.6) is 0 Å². The van der Waals surface area contributed by atoms with Crippen LogP contribution in [0.15, 0.2) is 54.7 Å². The molecule has 1 rings (SSSR count). The topological polar surface area (TPSA) is 15.6 Å². The summed E-state index contributed by atoms with van der Waals surface area (Å²) in [5, 5.41) is 0. The summed E-state index contributed by atoms with van der Waals surface area (Å²) in [6.45, 7) is 21.6. The van der Waals surface area contributed by atoms with Gasteiger partial charge in [-0.25, -0.2) is 9.38 Å². The fourth-order valence-corrected chi connectivity index (χ4v) is 1.71. The second kappa shape index (κ2) is 19.9. The van der Waals surface area contributed by atoms with Gasteiger partial charge in [0.05, 0.1) is 6.34 Å². The van der Waals surface area contributed by atoms with Crippen LogP contribution in [0.3, 0.4) is 0 Å². The van der Waals surface area contributed by atoms with Gasteiger partial charge in [-0.05, 0) is 30.2 Å². The number of hydrogen-bond acceptors (Lipinski definition) is 1. The lowest BCUT2D eigenvalue weighted by Gasteiger charge is -2.14. The van der Waals surface area contributed by atoms with E-state index < -0.39 is 0 Å². The fraction of sp³-hybridized carbons (Fsp3) is 0.409. The van der Waals surface area contributed by atoms with Crippen LogP contribution in [-0.4, -0.2) is 18.3 Å². The zero-order valence-electron chi connectivity index (χ0n) is 17.4. The third-order valence-electron chi connectivity index (χ3n) is 2.62. The average molecular weight is 349 g/mol. The summed E-state index contributed by atoms with van der Waals surface area (Å²) in [4.78, 5) is 5.85. The van der Waals surface area contributed by atoms with E-state index in [1.807, 2.05) is 78.6 Å². The van der Waals surface area contributed by atoms with Crippen molar-refractivity contribution < 1.29 is 4.39 Å². The zero-order valence-corrected chi connectivity index (χ0v) is 17.4. The molecule has 0 spiro atoms. The van der Waals surface area contributed by atoms with Crippen molar-refractivity contribution in [3.8, 4) is 0 Å². The molecule has 0 amide bonds. The summed E-state index contributed by atoms with van der Waals surface area (Å²) in [6, 6.07) is 5.75. The maximum Gasteiger partial charge on any atom is 0.130 e. The summed E-state index contributed by atoms with van der Waals surface area (Å²) in [5.74, 6) is -0.267. The molecule has 0 atom stereocenters. The number of aryl methyl sites for hydroxylation is 1. The third kappa shape index (κ3) is 12.9. The molecule has 0 bridgehead atoms. The molecule has 0 heterocycles. The predicted molar refractivity (Wildman–Crippen MR) is 115 cm³/mol. The number of nitrogens with zero attached hydrogens (tertiary/aromatic N) is 2. The van der Waals surface area contributed by atoms with Gasteiger partial charge in [-0.15, -0.1) is 0 Å². The van der Waals surface area contributed by atoms with E-state index in [1.54, 1.807) is 6.34 Å². The summed E-state index contributed by atoms with van der Waals surface area (Å²) in [7, 11) is 1.91. The maximum atomic E-state index is 13.9.